The smallest absolute Gasteiger partial charge is 0.383 e. The average molecular weight is 291 g/mol. The number of imidazole rings is 1. The van der Waals surface area contributed by atoms with Crippen molar-refractivity contribution in [3.8, 4) is 0 Å². The summed E-state index contributed by atoms with van der Waals surface area (Å²) >= 11 is 0. The van der Waals surface area contributed by atoms with E-state index in [-0.39, 0.29) is 25.3 Å². The zero-order valence-corrected chi connectivity index (χ0v) is 11.0. The molecule has 1 amide bonds. The Morgan fingerprint density at radius 2 is 2.20 bits per heavy atom. The molecular weight excluding hydrogens is 275 g/mol. The first kappa shape index (κ1) is 14.8. The van der Waals surface area contributed by atoms with Gasteiger partial charge in [0.05, 0.1) is 18.6 Å². The lowest BCUT2D eigenvalue weighted by atomic mass is 10.1. The van der Waals surface area contributed by atoms with Gasteiger partial charge in [-0.15, -0.1) is 0 Å². The number of carbonyl (C=O) groups is 1. The summed E-state index contributed by atoms with van der Waals surface area (Å²) in [5.74, 6) is -0.521. The van der Waals surface area contributed by atoms with Gasteiger partial charge >= 0.3 is 6.18 Å². The van der Waals surface area contributed by atoms with Crippen molar-refractivity contribution in [2.75, 3.05) is 6.54 Å². The largest absolute Gasteiger partial charge is 0.435 e. The van der Waals surface area contributed by atoms with Gasteiger partial charge in [-0.3, -0.25) is 4.79 Å². The molecule has 1 aromatic heterocycles. The summed E-state index contributed by atoms with van der Waals surface area (Å²) in [6, 6.07) is 0. The molecule has 2 rings (SSSR count). The van der Waals surface area contributed by atoms with Gasteiger partial charge in [0.15, 0.2) is 5.69 Å². The van der Waals surface area contributed by atoms with Gasteiger partial charge in [-0.2, -0.15) is 13.2 Å². The summed E-state index contributed by atoms with van der Waals surface area (Å²) in [5.41, 5.74) is -0.985. The number of hydrogen-bond donors (Lipinski definition) is 1. The van der Waals surface area contributed by atoms with E-state index in [1.54, 1.807) is 0 Å². The van der Waals surface area contributed by atoms with Gasteiger partial charge in [0.25, 0.3) is 5.91 Å². The fourth-order valence-electron chi connectivity index (χ4n) is 2.29. The Morgan fingerprint density at radius 1 is 1.50 bits per heavy atom. The van der Waals surface area contributed by atoms with Crippen molar-refractivity contribution in [1.82, 2.24) is 14.5 Å². The summed E-state index contributed by atoms with van der Waals surface area (Å²) in [6.07, 6.45) is -3.60. The third-order valence-electron chi connectivity index (χ3n) is 3.33. The van der Waals surface area contributed by atoms with Crippen LogP contribution in [0.1, 0.15) is 31.2 Å². The second kappa shape index (κ2) is 5.43. The van der Waals surface area contributed by atoms with Gasteiger partial charge in [0.1, 0.15) is 6.10 Å². The standard InChI is InChI=1S/C12H16F3N3O2/c1-2-3-9(19)11(20)17-4-5-18-7-16-10(8(18)6-17)12(13,14)15/h7,9,19H,2-6H2,1H3/t9-/m0/s1. The number of aliphatic hydroxyl groups excluding tert-OH is 1. The Hall–Kier alpha value is -1.57. The van der Waals surface area contributed by atoms with Crippen LogP contribution in [-0.4, -0.2) is 38.1 Å². The van der Waals surface area contributed by atoms with Crippen molar-refractivity contribution in [2.45, 2.75) is 45.1 Å². The second-order valence-electron chi connectivity index (χ2n) is 4.80. The predicted octanol–water partition coefficient (Wildman–Crippen LogP) is 1.41. The first-order valence-corrected chi connectivity index (χ1v) is 6.42. The SMILES string of the molecule is CCC[C@H](O)C(=O)N1CCn2cnc(C(F)(F)F)c2C1. The minimum Gasteiger partial charge on any atom is -0.383 e. The van der Waals surface area contributed by atoms with E-state index in [4.69, 9.17) is 0 Å². The molecule has 0 unspecified atom stereocenters. The number of carbonyl (C=O) groups excluding carboxylic acids is 1. The highest BCUT2D eigenvalue weighted by atomic mass is 19.4. The Morgan fingerprint density at radius 3 is 2.80 bits per heavy atom. The Kier molecular flexibility index (Phi) is 4.03. The molecule has 20 heavy (non-hydrogen) atoms. The van der Waals surface area contributed by atoms with Crippen molar-refractivity contribution in [3.05, 3.63) is 17.7 Å². The van der Waals surface area contributed by atoms with Gasteiger partial charge < -0.3 is 14.6 Å². The van der Waals surface area contributed by atoms with Crippen LogP contribution in [0, 0.1) is 0 Å². The van der Waals surface area contributed by atoms with E-state index in [0.717, 1.165) is 6.33 Å². The summed E-state index contributed by atoms with van der Waals surface area (Å²) in [5, 5.41) is 9.66. The molecular formula is C12H16F3N3O2. The van der Waals surface area contributed by atoms with Crippen LogP contribution in [0.25, 0.3) is 0 Å². The zero-order valence-electron chi connectivity index (χ0n) is 11.0. The summed E-state index contributed by atoms with van der Waals surface area (Å²) in [4.78, 5) is 16.6. The van der Waals surface area contributed by atoms with E-state index in [1.807, 2.05) is 6.92 Å². The molecule has 0 aromatic carbocycles. The van der Waals surface area contributed by atoms with Gasteiger partial charge in [0.2, 0.25) is 0 Å². The molecule has 0 saturated carbocycles. The maximum atomic E-state index is 12.8. The first-order valence-electron chi connectivity index (χ1n) is 6.42. The van der Waals surface area contributed by atoms with Crippen LogP contribution in [0.3, 0.4) is 0 Å². The quantitative estimate of drug-likeness (QED) is 0.916. The molecule has 1 aliphatic heterocycles. The Bertz CT molecular complexity index is 499. The molecule has 1 atom stereocenters. The summed E-state index contributed by atoms with van der Waals surface area (Å²) in [6.45, 7) is 2.18. The van der Waals surface area contributed by atoms with Crippen molar-refractivity contribution in [3.63, 3.8) is 0 Å². The van der Waals surface area contributed by atoms with Crippen LogP contribution in [0.15, 0.2) is 6.33 Å². The maximum Gasteiger partial charge on any atom is 0.435 e. The number of fused-ring (bicyclic) bond motifs is 1. The number of amides is 1. The monoisotopic (exact) mass is 291 g/mol. The molecule has 0 aliphatic carbocycles. The van der Waals surface area contributed by atoms with E-state index in [1.165, 1.54) is 9.47 Å². The minimum absolute atomic E-state index is 0.0270. The maximum absolute atomic E-state index is 12.8. The molecule has 0 spiro atoms. The summed E-state index contributed by atoms with van der Waals surface area (Å²) < 4.78 is 39.8. The number of hydrogen-bond acceptors (Lipinski definition) is 3. The van der Waals surface area contributed by atoms with Crippen molar-refractivity contribution < 1.29 is 23.1 Å². The molecule has 1 N–H and O–H groups in total. The molecule has 0 fully saturated rings. The van der Waals surface area contributed by atoms with E-state index in [0.29, 0.717) is 12.8 Å². The lowest BCUT2D eigenvalue weighted by molar-refractivity contribution is -0.146. The zero-order chi connectivity index (χ0) is 14.9. The minimum atomic E-state index is -4.53. The number of rotatable bonds is 3. The molecule has 0 bridgehead atoms. The van der Waals surface area contributed by atoms with Crippen LogP contribution in [0.5, 0.6) is 0 Å². The molecule has 1 aliphatic rings. The lowest BCUT2D eigenvalue weighted by Gasteiger charge is -2.30. The second-order valence-corrected chi connectivity index (χ2v) is 4.80. The van der Waals surface area contributed by atoms with Crippen molar-refractivity contribution >= 4 is 5.91 Å². The fourth-order valence-corrected chi connectivity index (χ4v) is 2.29. The van der Waals surface area contributed by atoms with Crippen LogP contribution in [-0.2, 0) is 24.1 Å². The number of aromatic nitrogens is 2. The van der Waals surface area contributed by atoms with Gasteiger partial charge in [-0.1, -0.05) is 13.3 Å². The number of alkyl halides is 3. The highest BCUT2D eigenvalue weighted by molar-refractivity contribution is 5.80. The lowest BCUT2D eigenvalue weighted by Crippen LogP contribution is -2.43. The van der Waals surface area contributed by atoms with Crippen LogP contribution < -0.4 is 0 Å². The third-order valence-corrected chi connectivity index (χ3v) is 3.33. The van der Waals surface area contributed by atoms with E-state index in [9.17, 15) is 23.1 Å². The average Bonchev–Trinajstić information content (AvgIpc) is 2.80. The number of aliphatic hydroxyl groups is 1. The van der Waals surface area contributed by atoms with Crippen LogP contribution in [0.4, 0.5) is 13.2 Å². The molecule has 2 heterocycles. The fraction of sp³-hybridized carbons (Fsp3) is 0.667. The third kappa shape index (κ3) is 2.79. The highest BCUT2D eigenvalue weighted by Gasteiger charge is 2.39. The number of halogens is 3. The predicted molar refractivity (Wildman–Crippen MR) is 63.6 cm³/mol. The van der Waals surface area contributed by atoms with E-state index in [2.05, 4.69) is 4.98 Å². The van der Waals surface area contributed by atoms with Gasteiger partial charge in [-0.05, 0) is 6.42 Å². The van der Waals surface area contributed by atoms with Gasteiger partial charge in [-0.25, -0.2) is 4.98 Å². The molecule has 5 nitrogen and oxygen atoms in total. The molecule has 8 heteroatoms. The van der Waals surface area contributed by atoms with Crippen molar-refractivity contribution in [1.29, 1.82) is 0 Å². The van der Waals surface area contributed by atoms with Crippen LogP contribution in [0.2, 0.25) is 0 Å². The molecule has 0 saturated heterocycles. The molecule has 112 valence electrons. The topological polar surface area (TPSA) is 58.4 Å². The summed E-state index contributed by atoms with van der Waals surface area (Å²) in [7, 11) is 0. The highest BCUT2D eigenvalue weighted by Crippen LogP contribution is 2.32. The molecule has 0 radical (unpaired) electrons. The van der Waals surface area contributed by atoms with E-state index < -0.39 is 23.9 Å². The van der Waals surface area contributed by atoms with Crippen LogP contribution >= 0.6 is 0 Å². The normalized spacial score (nSPS) is 16.9. The van der Waals surface area contributed by atoms with E-state index >= 15 is 0 Å². The van der Waals surface area contributed by atoms with Crippen molar-refractivity contribution in [2.24, 2.45) is 0 Å². The molecule has 1 aromatic rings. The van der Waals surface area contributed by atoms with Gasteiger partial charge in [0, 0.05) is 13.1 Å². The number of nitrogens with zero attached hydrogens (tertiary/aromatic N) is 3. The Labute approximate surface area is 114 Å². The Balaban J connectivity index is 2.18. The first-order chi connectivity index (χ1) is 9.34.